The van der Waals surface area contributed by atoms with Gasteiger partial charge in [0, 0.05) is 18.6 Å². The average Bonchev–Trinajstić information content (AvgIpc) is 2.87. The molecule has 0 amide bonds. The van der Waals surface area contributed by atoms with Crippen LogP contribution in [0.3, 0.4) is 0 Å². The van der Waals surface area contributed by atoms with Crippen molar-refractivity contribution in [3.05, 3.63) is 0 Å². The minimum absolute atomic E-state index is 0.863. The summed E-state index contributed by atoms with van der Waals surface area (Å²) in [6.07, 6.45) is 5.69. The van der Waals surface area contributed by atoms with Crippen LogP contribution in [0.1, 0.15) is 32.6 Å². The Morgan fingerprint density at radius 1 is 1.06 bits per heavy atom. The molecule has 17 heavy (non-hydrogen) atoms. The quantitative estimate of drug-likeness (QED) is 0.777. The van der Waals surface area contributed by atoms with Crippen LogP contribution < -0.4 is 5.32 Å². The standard InChI is InChI=1S/C14H27N3/c1-2-16-8-5-13(6-9-16)17-7-3-4-12-10-15-11-14(12)17/h12-15H,2-11H2,1H3. The summed E-state index contributed by atoms with van der Waals surface area (Å²) in [6, 6.07) is 1.74. The molecule has 0 bridgehead atoms. The number of fused-ring (bicyclic) bond motifs is 1. The van der Waals surface area contributed by atoms with E-state index in [1.54, 1.807) is 0 Å². The van der Waals surface area contributed by atoms with Crippen molar-refractivity contribution in [2.45, 2.75) is 44.7 Å². The zero-order valence-electron chi connectivity index (χ0n) is 11.2. The van der Waals surface area contributed by atoms with Crippen LogP contribution in [0.2, 0.25) is 0 Å². The molecule has 0 aromatic rings. The molecule has 3 rings (SSSR count). The molecule has 0 aromatic heterocycles. The highest BCUT2D eigenvalue weighted by Gasteiger charge is 2.38. The van der Waals surface area contributed by atoms with Gasteiger partial charge in [-0.05, 0) is 64.3 Å². The van der Waals surface area contributed by atoms with Gasteiger partial charge in [0.25, 0.3) is 0 Å². The topological polar surface area (TPSA) is 18.5 Å². The molecule has 0 radical (unpaired) electrons. The summed E-state index contributed by atoms with van der Waals surface area (Å²) in [5.74, 6) is 0.952. The SMILES string of the molecule is CCN1CCC(N2CCCC3CNCC32)CC1. The Labute approximate surface area is 106 Å². The summed E-state index contributed by atoms with van der Waals surface area (Å²) in [6.45, 7) is 10.1. The van der Waals surface area contributed by atoms with Crippen molar-refractivity contribution in [3.63, 3.8) is 0 Å². The molecule has 2 atom stereocenters. The Hall–Kier alpha value is -0.120. The number of nitrogens with one attached hydrogen (secondary N) is 1. The fourth-order valence-corrected chi connectivity index (χ4v) is 4.12. The summed E-state index contributed by atoms with van der Waals surface area (Å²) >= 11 is 0. The molecular formula is C14H27N3. The lowest BCUT2D eigenvalue weighted by Gasteiger charge is -2.45. The molecule has 3 saturated heterocycles. The van der Waals surface area contributed by atoms with Crippen molar-refractivity contribution in [1.29, 1.82) is 0 Å². The van der Waals surface area contributed by atoms with Gasteiger partial charge in [-0.25, -0.2) is 0 Å². The summed E-state index contributed by atoms with van der Waals surface area (Å²) < 4.78 is 0. The van der Waals surface area contributed by atoms with Crippen LogP contribution in [-0.4, -0.2) is 61.2 Å². The van der Waals surface area contributed by atoms with Gasteiger partial charge in [0.2, 0.25) is 0 Å². The largest absolute Gasteiger partial charge is 0.315 e. The van der Waals surface area contributed by atoms with E-state index in [1.165, 1.54) is 65.0 Å². The van der Waals surface area contributed by atoms with Crippen LogP contribution in [0.4, 0.5) is 0 Å². The third-order valence-electron chi connectivity index (χ3n) is 5.19. The summed E-state index contributed by atoms with van der Waals surface area (Å²) in [4.78, 5) is 5.46. The maximum atomic E-state index is 3.60. The normalized spacial score (nSPS) is 37.2. The fraction of sp³-hybridized carbons (Fsp3) is 1.00. The van der Waals surface area contributed by atoms with E-state index >= 15 is 0 Å². The third kappa shape index (κ3) is 2.38. The lowest BCUT2D eigenvalue weighted by atomic mass is 9.89. The number of likely N-dealkylation sites (tertiary alicyclic amines) is 2. The maximum Gasteiger partial charge on any atom is 0.0263 e. The molecule has 3 heterocycles. The van der Waals surface area contributed by atoms with Crippen molar-refractivity contribution in [2.24, 2.45) is 5.92 Å². The van der Waals surface area contributed by atoms with E-state index in [-0.39, 0.29) is 0 Å². The molecule has 0 aromatic carbocycles. The van der Waals surface area contributed by atoms with Crippen molar-refractivity contribution >= 4 is 0 Å². The molecule has 98 valence electrons. The predicted molar refractivity (Wildman–Crippen MR) is 71.2 cm³/mol. The first-order valence-corrected chi connectivity index (χ1v) is 7.57. The van der Waals surface area contributed by atoms with E-state index in [0.29, 0.717) is 0 Å². The molecule has 3 heteroatoms. The molecular weight excluding hydrogens is 210 g/mol. The smallest absolute Gasteiger partial charge is 0.0263 e. The van der Waals surface area contributed by atoms with Crippen LogP contribution in [0, 0.1) is 5.92 Å². The van der Waals surface area contributed by atoms with Gasteiger partial charge in [-0.15, -0.1) is 0 Å². The first kappa shape index (κ1) is 11.9. The highest BCUT2D eigenvalue weighted by atomic mass is 15.3. The van der Waals surface area contributed by atoms with Crippen LogP contribution in [0.15, 0.2) is 0 Å². The van der Waals surface area contributed by atoms with Gasteiger partial charge in [-0.1, -0.05) is 6.92 Å². The Bertz CT molecular complexity index is 248. The van der Waals surface area contributed by atoms with Gasteiger partial charge < -0.3 is 10.2 Å². The molecule has 3 aliphatic heterocycles. The minimum Gasteiger partial charge on any atom is -0.315 e. The number of rotatable bonds is 2. The highest BCUT2D eigenvalue weighted by molar-refractivity contribution is 4.95. The van der Waals surface area contributed by atoms with E-state index in [1.807, 2.05) is 0 Å². The molecule has 2 unspecified atom stereocenters. The fourth-order valence-electron chi connectivity index (χ4n) is 4.12. The monoisotopic (exact) mass is 237 g/mol. The van der Waals surface area contributed by atoms with Crippen LogP contribution in [0.25, 0.3) is 0 Å². The van der Waals surface area contributed by atoms with Crippen LogP contribution in [0.5, 0.6) is 0 Å². The Balaban J connectivity index is 1.60. The van der Waals surface area contributed by atoms with Gasteiger partial charge in [0.15, 0.2) is 0 Å². The summed E-state index contributed by atoms with van der Waals surface area (Å²) in [5.41, 5.74) is 0. The first-order valence-electron chi connectivity index (χ1n) is 7.57. The van der Waals surface area contributed by atoms with Crippen molar-refractivity contribution in [1.82, 2.24) is 15.1 Å². The van der Waals surface area contributed by atoms with Gasteiger partial charge >= 0.3 is 0 Å². The predicted octanol–water partition coefficient (Wildman–Crippen LogP) is 1.15. The Morgan fingerprint density at radius 2 is 1.88 bits per heavy atom. The summed E-state index contributed by atoms with van der Waals surface area (Å²) in [5, 5.41) is 3.60. The average molecular weight is 237 g/mol. The molecule has 1 N–H and O–H groups in total. The number of piperidine rings is 2. The molecule has 0 spiro atoms. The van der Waals surface area contributed by atoms with Gasteiger partial charge in [0.1, 0.15) is 0 Å². The van der Waals surface area contributed by atoms with Gasteiger partial charge in [-0.3, -0.25) is 4.90 Å². The van der Waals surface area contributed by atoms with Crippen LogP contribution >= 0.6 is 0 Å². The van der Waals surface area contributed by atoms with E-state index in [0.717, 1.165) is 18.0 Å². The minimum atomic E-state index is 0.863. The second-order valence-corrected chi connectivity index (χ2v) is 6.03. The second-order valence-electron chi connectivity index (χ2n) is 6.03. The Morgan fingerprint density at radius 3 is 2.65 bits per heavy atom. The lowest BCUT2D eigenvalue weighted by Crippen LogP contribution is -2.53. The number of hydrogen-bond acceptors (Lipinski definition) is 3. The van der Waals surface area contributed by atoms with E-state index in [2.05, 4.69) is 22.0 Å². The molecule has 3 nitrogen and oxygen atoms in total. The molecule has 3 aliphatic rings. The number of nitrogens with zero attached hydrogens (tertiary/aromatic N) is 2. The van der Waals surface area contributed by atoms with Crippen LogP contribution in [-0.2, 0) is 0 Å². The zero-order chi connectivity index (χ0) is 11.7. The maximum absolute atomic E-state index is 3.60. The highest BCUT2D eigenvalue weighted by Crippen LogP contribution is 2.30. The van der Waals surface area contributed by atoms with E-state index < -0.39 is 0 Å². The van der Waals surface area contributed by atoms with E-state index in [4.69, 9.17) is 0 Å². The van der Waals surface area contributed by atoms with Crippen molar-refractivity contribution < 1.29 is 0 Å². The molecule has 3 fully saturated rings. The lowest BCUT2D eigenvalue weighted by molar-refractivity contribution is 0.0405. The van der Waals surface area contributed by atoms with Gasteiger partial charge in [0.05, 0.1) is 0 Å². The third-order valence-corrected chi connectivity index (χ3v) is 5.19. The first-order chi connectivity index (χ1) is 8.38. The zero-order valence-corrected chi connectivity index (χ0v) is 11.2. The molecule has 0 aliphatic carbocycles. The second kappa shape index (κ2) is 5.25. The van der Waals surface area contributed by atoms with Crippen molar-refractivity contribution in [2.75, 3.05) is 39.3 Å². The number of hydrogen-bond donors (Lipinski definition) is 1. The van der Waals surface area contributed by atoms with E-state index in [9.17, 15) is 0 Å². The van der Waals surface area contributed by atoms with Crippen molar-refractivity contribution in [3.8, 4) is 0 Å². The summed E-state index contributed by atoms with van der Waals surface area (Å²) in [7, 11) is 0. The Kier molecular flexibility index (Phi) is 3.69. The van der Waals surface area contributed by atoms with Gasteiger partial charge in [-0.2, -0.15) is 0 Å². The molecule has 0 saturated carbocycles.